The summed E-state index contributed by atoms with van der Waals surface area (Å²) < 4.78 is 9.66. The number of nitrogens with one attached hydrogen (secondary N) is 1. The molecule has 0 aromatic carbocycles. The van der Waals surface area contributed by atoms with Crippen molar-refractivity contribution in [2.45, 2.75) is 29.8 Å². The van der Waals surface area contributed by atoms with Crippen LogP contribution < -0.4 is 5.32 Å². The summed E-state index contributed by atoms with van der Waals surface area (Å²) >= 11 is 3.27. The van der Waals surface area contributed by atoms with Crippen molar-refractivity contribution in [2.24, 2.45) is 0 Å². The van der Waals surface area contributed by atoms with Gasteiger partial charge in [0.25, 0.3) is 0 Å². The zero-order chi connectivity index (χ0) is 14.2. The van der Waals surface area contributed by atoms with Gasteiger partial charge in [-0.2, -0.15) is 0 Å². The lowest BCUT2D eigenvalue weighted by molar-refractivity contribution is -0.149. The van der Waals surface area contributed by atoms with Gasteiger partial charge in [-0.1, -0.05) is 22.0 Å². The Morgan fingerprint density at radius 1 is 1.58 bits per heavy atom. The summed E-state index contributed by atoms with van der Waals surface area (Å²) in [4.78, 5) is 25.0. The van der Waals surface area contributed by atoms with Crippen LogP contribution in [0.2, 0.25) is 0 Å². The van der Waals surface area contributed by atoms with Crippen LogP contribution in [0.15, 0.2) is 12.2 Å². The summed E-state index contributed by atoms with van der Waals surface area (Å²) in [5.74, 6) is -0.471. The minimum Gasteiger partial charge on any atom is -0.393 e. The monoisotopic (exact) mass is 334 g/mol. The molecule has 0 aromatic rings. The second-order valence-corrected chi connectivity index (χ2v) is 6.11. The molecule has 2 heterocycles. The Morgan fingerprint density at radius 2 is 2.26 bits per heavy atom. The van der Waals surface area contributed by atoms with Gasteiger partial charge in [0.1, 0.15) is 10.4 Å². The summed E-state index contributed by atoms with van der Waals surface area (Å²) in [7, 11) is 1.41. The molecule has 0 radical (unpaired) electrons. The number of imide groups is 1. The Bertz CT molecular complexity index is 425. The van der Waals surface area contributed by atoms with Gasteiger partial charge in [-0.25, -0.2) is 4.79 Å². The number of alkyl halides is 1. The van der Waals surface area contributed by atoms with Crippen LogP contribution in [0.5, 0.6) is 0 Å². The van der Waals surface area contributed by atoms with Crippen LogP contribution in [0, 0.1) is 0 Å². The first kappa shape index (κ1) is 14.4. The number of amides is 3. The second kappa shape index (κ2) is 5.20. The smallest absolute Gasteiger partial charge is 0.328 e. The quantitative estimate of drug-likeness (QED) is 0.557. The maximum Gasteiger partial charge on any atom is 0.328 e. The maximum absolute atomic E-state index is 12.0. The number of rotatable bonds is 3. The molecular formula is C11H15BrN2O5. The Balaban J connectivity index is 2.25. The van der Waals surface area contributed by atoms with Crippen molar-refractivity contribution in [1.29, 1.82) is 0 Å². The Hall–Kier alpha value is -0.960. The van der Waals surface area contributed by atoms with Crippen LogP contribution in [0.1, 0.15) is 6.92 Å². The average molecular weight is 335 g/mol. The number of carbonyl (C=O) groups is 2. The Kier molecular flexibility index (Phi) is 3.95. The van der Waals surface area contributed by atoms with Gasteiger partial charge in [-0.3, -0.25) is 15.0 Å². The molecule has 0 bridgehead atoms. The van der Waals surface area contributed by atoms with Gasteiger partial charge in [-0.15, -0.1) is 0 Å². The van der Waals surface area contributed by atoms with Gasteiger partial charge >= 0.3 is 6.03 Å². The number of urea groups is 1. The molecule has 4 atom stereocenters. The van der Waals surface area contributed by atoms with Crippen molar-refractivity contribution in [2.75, 3.05) is 13.7 Å². The molecule has 1 saturated heterocycles. The predicted octanol–water partition coefficient (Wildman–Crippen LogP) is -0.0623. The minimum absolute atomic E-state index is 0.176. The van der Waals surface area contributed by atoms with E-state index in [9.17, 15) is 9.59 Å². The number of carbonyl (C=O) groups excluding carboxylic acids is 2. The largest absolute Gasteiger partial charge is 0.393 e. The third kappa shape index (κ3) is 2.40. The lowest BCUT2D eigenvalue weighted by Crippen LogP contribution is -2.69. The number of aliphatic hydroxyl groups excluding tert-OH is 1. The highest BCUT2D eigenvalue weighted by atomic mass is 79.9. The fourth-order valence-corrected chi connectivity index (χ4v) is 2.61. The highest BCUT2D eigenvalue weighted by Crippen LogP contribution is 2.33. The first-order valence-corrected chi connectivity index (χ1v) is 6.51. The summed E-state index contributed by atoms with van der Waals surface area (Å²) in [5, 5.41) is 11.3. The van der Waals surface area contributed by atoms with Gasteiger partial charge in [-0.05, 0) is 13.0 Å². The number of halogens is 1. The molecule has 106 valence electrons. The van der Waals surface area contributed by atoms with Crippen molar-refractivity contribution in [3.8, 4) is 0 Å². The molecule has 0 spiro atoms. The van der Waals surface area contributed by atoms with E-state index >= 15 is 0 Å². The molecule has 2 aliphatic rings. The first-order valence-electron chi connectivity index (χ1n) is 5.72. The molecule has 7 nitrogen and oxygen atoms in total. The SMILES string of the molecule is COC1N(C2C=CC(CO)O2)C(=O)NC(=O)C1(C)Br. The van der Waals surface area contributed by atoms with Crippen LogP contribution in [-0.4, -0.2) is 58.5 Å². The van der Waals surface area contributed by atoms with Crippen LogP contribution >= 0.6 is 15.9 Å². The summed E-state index contributed by atoms with van der Waals surface area (Å²) in [6.45, 7) is 1.43. The fraction of sp³-hybridized carbons (Fsp3) is 0.636. The van der Waals surface area contributed by atoms with Gasteiger partial charge < -0.3 is 14.6 Å². The standard InChI is InChI=1S/C11H15BrN2O5/c1-11(12)8(16)13-10(17)14(9(11)18-2)7-4-3-6(5-15)19-7/h3-4,6-7,9,15H,5H2,1-2H3,(H,13,16,17). The van der Waals surface area contributed by atoms with Crippen molar-refractivity contribution >= 4 is 27.9 Å². The number of methoxy groups -OCH3 is 1. The van der Waals surface area contributed by atoms with E-state index in [0.29, 0.717) is 0 Å². The van der Waals surface area contributed by atoms with E-state index < -0.39 is 34.8 Å². The normalized spacial score (nSPS) is 38.7. The van der Waals surface area contributed by atoms with E-state index in [4.69, 9.17) is 14.6 Å². The predicted molar refractivity (Wildman–Crippen MR) is 68.4 cm³/mol. The Labute approximate surface area is 118 Å². The molecule has 2 N–H and O–H groups in total. The molecule has 1 fully saturated rings. The lowest BCUT2D eigenvalue weighted by Gasteiger charge is -2.44. The van der Waals surface area contributed by atoms with Crippen LogP contribution in [0.3, 0.4) is 0 Å². The highest BCUT2D eigenvalue weighted by molar-refractivity contribution is 9.10. The van der Waals surface area contributed by atoms with E-state index in [1.54, 1.807) is 19.1 Å². The number of hydrogen-bond donors (Lipinski definition) is 2. The molecule has 4 unspecified atom stereocenters. The van der Waals surface area contributed by atoms with Crippen molar-refractivity contribution < 1.29 is 24.2 Å². The molecule has 0 aliphatic carbocycles. The van der Waals surface area contributed by atoms with Gasteiger partial charge in [0, 0.05) is 7.11 Å². The van der Waals surface area contributed by atoms with E-state index in [-0.39, 0.29) is 6.61 Å². The second-order valence-electron chi connectivity index (χ2n) is 4.46. The minimum atomic E-state index is -1.08. The summed E-state index contributed by atoms with van der Waals surface area (Å²) in [5.41, 5.74) is 0. The molecule has 0 saturated carbocycles. The molecule has 2 aliphatic heterocycles. The number of ether oxygens (including phenoxy) is 2. The molecular weight excluding hydrogens is 320 g/mol. The van der Waals surface area contributed by atoms with Crippen LogP contribution in [-0.2, 0) is 14.3 Å². The third-order valence-corrected chi connectivity index (χ3v) is 3.85. The van der Waals surface area contributed by atoms with E-state index in [1.165, 1.54) is 12.0 Å². The number of nitrogens with zero attached hydrogens (tertiary/aromatic N) is 1. The first-order chi connectivity index (χ1) is 8.91. The van der Waals surface area contributed by atoms with E-state index in [0.717, 1.165) is 0 Å². The zero-order valence-corrected chi connectivity index (χ0v) is 12.1. The van der Waals surface area contributed by atoms with E-state index in [2.05, 4.69) is 21.2 Å². The maximum atomic E-state index is 12.0. The molecule has 0 aromatic heterocycles. The molecule has 3 amide bonds. The molecule has 19 heavy (non-hydrogen) atoms. The van der Waals surface area contributed by atoms with Crippen molar-refractivity contribution in [3.05, 3.63) is 12.2 Å². The summed E-state index contributed by atoms with van der Waals surface area (Å²) in [6.07, 6.45) is 1.33. The molecule has 2 rings (SSSR count). The van der Waals surface area contributed by atoms with Gasteiger partial charge in [0.2, 0.25) is 5.91 Å². The van der Waals surface area contributed by atoms with Crippen LogP contribution in [0.25, 0.3) is 0 Å². The lowest BCUT2D eigenvalue weighted by atomic mass is 10.1. The Morgan fingerprint density at radius 3 is 2.79 bits per heavy atom. The number of aliphatic hydroxyl groups is 1. The van der Waals surface area contributed by atoms with E-state index in [1.807, 2.05) is 0 Å². The fourth-order valence-electron chi connectivity index (χ4n) is 2.10. The highest BCUT2D eigenvalue weighted by Gasteiger charge is 2.52. The van der Waals surface area contributed by atoms with Crippen molar-refractivity contribution in [1.82, 2.24) is 10.2 Å². The van der Waals surface area contributed by atoms with Crippen molar-refractivity contribution in [3.63, 3.8) is 0 Å². The van der Waals surface area contributed by atoms with Crippen LogP contribution in [0.4, 0.5) is 4.79 Å². The molecule has 8 heteroatoms. The summed E-state index contributed by atoms with van der Waals surface area (Å²) in [6, 6.07) is -0.595. The third-order valence-electron chi connectivity index (χ3n) is 3.10. The van der Waals surface area contributed by atoms with Gasteiger partial charge in [0.15, 0.2) is 12.5 Å². The number of hydrogen-bond acceptors (Lipinski definition) is 5. The topological polar surface area (TPSA) is 88.1 Å². The average Bonchev–Trinajstić information content (AvgIpc) is 2.81. The zero-order valence-electron chi connectivity index (χ0n) is 10.5. The van der Waals surface area contributed by atoms with Gasteiger partial charge in [0.05, 0.1) is 6.61 Å².